The lowest BCUT2D eigenvalue weighted by Gasteiger charge is -2.20. The lowest BCUT2D eigenvalue weighted by molar-refractivity contribution is -0.154. The Balaban J connectivity index is 4.12. The molecule has 0 aromatic heterocycles. The number of rotatable bonds is 37. The molecule has 300 valence electrons. The number of hydrogen-bond acceptors (Lipinski definition) is 8. The van der Waals surface area contributed by atoms with Crippen LogP contribution in [-0.2, 0) is 27.9 Å². The number of esters is 1. The summed E-state index contributed by atoms with van der Waals surface area (Å²) in [5, 5.41) is 18.3. The van der Waals surface area contributed by atoms with Crippen molar-refractivity contribution in [2.45, 2.75) is 154 Å². The minimum absolute atomic E-state index is 0.0324. The van der Waals surface area contributed by atoms with Crippen molar-refractivity contribution >= 4 is 13.8 Å². The van der Waals surface area contributed by atoms with E-state index in [4.69, 9.17) is 23.6 Å². The van der Waals surface area contributed by atoms with Crippen LogP contribution in [0.1, 0.15) is 142 Å². The van der Waals surface area contributed by atoms with E-state index in [0.717, 1.165) is 103 Å². The molecular weight excluding hydrogens is 679 g/mol. The Kier molecular flexibility index (Phi) is 37.1. The first-order chi connectivity index (χ1) is 25.3. The Hall–Kier alpha value is -2.10. The number of aliphatic hydroxyl groups is 2. The van der Waals surface area contributed by atoms with E-state index < -0.39 is 39.2 Å². The number of ether oxygens (including phenoxy) is 2. The molecule has 10 heteroatoms. The van der Waals surface area contributed by atoms with Gasteiger partial charge in [-0.25, -0.2) is 4.57 Å². The molecule has 0 aromatic rings. The van der Waals surface area contributed by atoms with Gasteiger partial charge in [0.25, 0.3) is 0 Å². The van der Waals surface area contributed by atoms with Gasteiger partial charge in [-0.15, -0.1) is 0 Å². The zero-order chi connectivity index (χ0) is 38.2. The van der Waals surface area contributed by atoms with Crippen LogP contribution in [0.15, 0.2) is 72.9 Å². The van der Waals surface area contributed by atoms with Gasteiger partial charge in [-0.2, -0.15) is 0 Å². The molecule has 0 aliphatic rings. The van der Waals surface area contributed by atoms with E-state index in [1.54, 1.807) is 0 Å². The lowest BCUT2D eigenvalue weighted by atomic mass is 10.1. The molecule has 0 radical (unpaired) electrons. The van der Waals surface area contributed by atoms with Crippen molar-refractivity contribution in [3.05, 3.63) is 72.9 Å². The van der Waals surface area contributed by atoms with Crippen LogP contribution in [0.3, 0.4) is 0 Å². The van der Waals surface area contributed by atoms with Crippen LogP contribution in [0.4, 0.5) is 0 Å². The first-order valence-corrected chi connectivity index (χ1v) is 21.4. The van der Waals surface area contributed by atoms with Gasteiger partial charge in [0.2, 0.25) is 0 Å². The molecule has 0 aliphatic heterocycles. The average molecular weight is 753 g/mol. The highest BCUT2D eigenvalue weighted by Gasteiger charge is 2.26. The van der Waals surface area contributed by atoms with Crippen molar-refractivity contribution in [2.24, 2.45) is 0 Å². The molecule has 0 fully saturated rings. The SMILES string of the molecule is CC/C=C\C/C=C\C/C=C\C/C=C\C/C=C\C/C=C\CCCCCCCOCC(COP(=O)(O)OCC(O)CO)OC(=O)CCCCCCCCC. The number of unbranched alkanes of at least 4 members (excludes halogenated alkanes) is 11. The third-order valence-corrected chi connectivity index (χ3v) is 8.86. The molecular formula is C42H73O9P. The second-order valence-electron chi connectivity index (χ2n) is 12.9. The molecule has 0 saturated heterocycles. The molecule has 0 rings (SSSR count). The van der Waals surface area contributed by atoms with Crippen LogP contribution < -0.4 is 0 Å². The first-order valence-electron chi connectivity index (χ1n) is 19.9. The number of allylic oxidation sites excluding steroid dienone is 12. The fourth-order valence-electron chi connectivity index (χ4n) is 4.89. The first kappa shape index (κ1) is 49.9. The minimum atomic E-state index is -4.51. The summed E-state index contributed by atoms with van der Waals surface area (Å²) in [6.45, 7) is 3.27. The molecule has 0 amide bonds. The summed E-state index contributed by atoms with van der Waals surface area (Å²) in [5.74, 6) is -0.401. The summed E-state index contributed by atoms with van der Waals surface area (Å²) in [4.78, 5) is 22.3. The van der Waals surface area contributed by atoms with Crippen molar-refractivity contribution in [3.63, 3.8) is 0 Å². The van der Waals surface area contributed by atoms with Crippen LogP contribution in [0, 0.1) is 0 Å². The van der Waals surface area contributed by atoms with Gasteiger partial charge >= 0.3 is 13.8 Å². The van der Waals surface area contributed by atoms with Gasteiger partial charge in [-0.05, 0) is 64.2 Å². The number of carbonyl (C=O) groups excluding carboxylic acids is 1. The summed E-state index contributed by atoms with van der Waals surface area (Å²) in [5.41, 5.74) is 0. The Labute approximate surface area is 316 Å². The molecule has 0 heterocycles. The zero-order valence-electron chi connectivity index (χ0n) is 32.5. The summed E-state index contributed by atoms with van der Waals surface area (Å²) < 4.78 is 33.1. The van der Waals surface area contributed by atoms with Crippen LogP contribution in [-0.4, -0.2) is 66.3 Å². The molecule has 0 aliphatic carbocycles. The second kappa shape index (κ2) is 38.6. The van der Waals surface area contributed by atoms with Gasteiger partial charge in [-0.3, -0.25) is 13.8 Å². The van der Waals surface area contributed by atoms with Gasteiger partial charge in [-0.1, -0.05) is 145 Å². The maximum absolute atomic E-state index is 12.4. The Morgan fingerprint density at radius 2 is 1.10 bits per heavy atom. The normalized spacial score (nSPS) is 14.9. The van der Waals surface area contributed by atoms with Crippen molar-refractivity contribution < 1.29 is 43.0 Å². The van der Waals surface area contributed by atoms with E-state index in [1.165, 1.54) is 19.3 Å². The number of hydrogen-bond donors (Lipinski definition) is 3. The van der Waals surface area contributed by atoms with E-state index in [0.29, 0.717) is 6.61 Å². The quantitative estimate of drug-likeness (QED) is 0.0245. The number of aliphatic hydroxyl groups excluding tert-OH is 2. The molecule has 52 heavy (non-hydrogen) atoms. The van der Waals surface area contributed by atoms with Crippen molar-refractivity contribution in [1.29, 1.82) is 0 Å². The number of phosphoric acid groups is 1. The third-order valence-electron chi connectivity index (χ3n) is 7.91. The molecule has 3 unspecified atom stereocenters. The molecule has 0 spiro atoms. The van der Waals surface area contributed by atoms with Crippen molar-refractivity contribution in [2.75, 3.05) is 33.0 Å². The Bertz CT molecular complexity index is 1030. The van der Waals surface area contributed by atoms with Crippen LogP contribution in [0.2, 0.25) is 0 Å². The molecule has 3 N–H and O–H groups in total. The average Bonchev–Trinajstić information content (AvgIpc) is 3.13. The van der Waals surface area contributed by atoms with E-state index in [2.05, 4.69) is 86.8 Å². The van der Waals surface area contributed by atoms with Crippen molar-refractivity contribution in [3.8, 4) is 0 Å². The molecule has 0 saturated carbocycles. The largest absolute Gasteiger partial charge is 0.472 e. The third kappa shape index (κ3) is 37.7. The van der Waals surface area contributed by atoms with Gasteiger partial charge < -0.3 is 24.6 Å². The zero-order valence-corrected chi connectivity index (χ0v) is 33.4. The lowest BCUT2D eigenvalue weighted by Crippen LogP contribution is -2.29. The Morgan fingerprint density at radius 1 is 0.615 bits per heavy atom. The molecule has 0 aromatic carbocycles. The second-order valence-corrected chi connectivity index (χ2v) is 14.4. The smallest absolute Gasteiger partial charge is 0.457 e. The summed E-state index contributed by atoms with van der Waals surface area (Å²) in [6, 6.07) is 0. The van der Waals surface area contributed by atoms with Gasteiger partial charge in [0.15, 0.2) is 0 Å². The van der Waals surface area contributed by atoms with Gasteiger partial charge in [0, 0.05) is 13.0 Å². The summed E-state index contributed by atoms with van der Waals surface area (Å²) >= 11 is 0. The molecule has 9 nitrogen and oxygen atoms in total. The van der Waals surface area contributed by atoms with Gasteiger partial charge in [0.05, 0.1) is 26.4 Å². The van der Waals surface area contributed by atoms with Crippen LogP contribution in [0.25, 0.3) is 0 Å². The topological polar surface area (TPSA) is 132 Å². The molecule has 3 atom stereocenters. The van der Waals surface area contributed by atoms with Gasteiger partial charge in [0.1, 0.15) is 12.2 Å². The minimum Gasteiger partial charge on any atom is -0.457 e. The number of carbonyl (C=O) groups is 1. The van der Waals surface area contributed by atoms with E-state index in [-0.39, 0.29) is 19.6 Å². The maximum atomic E-state index is 12.4. The number of phosphoric ester groups is 1. The molecule has 0 bridgehead atoms. The highest BCUT2D eigenvalue weighted by molar-refractivity contribution is 7.47. The highest BCUT2D eigenvalue weighted by Crippen LogP contribution is 2.43. The highest BCUT2D eigenvalue weighted by atomic mass is 31.2. The fraction of sp³-hybridized carbons (Fsp3) is 0.690. The monoisotopic (exact) mass is 752 g/mol. The van der Waals surface area contributed by atoms with E-state index in [9.17, 15) is 19.4 Å². The summed E-state index contributed by atoms with van der Waals surface area (Å²) in [6.07, 6.45) is 44.6. The van der Waals surface area contributed by atoms with Crippen molar-refractivity contribution in [1.82, 2.24) is 0 Å². The van der Waals surface area contributed by atoms with Crippen LogP contribution in [0.5, 0.6) is 0 Å². The standard InChI is InChI=1S/C42H73O9P/c1-3-5-7-9-11-12-13-14-15-16-17-18-19-20-21-22-23-24-25-26-27-29-31-33-35-48-38-41(39-50-52(46,47)49-37-40(44)36-43)51-42(45)34-32-30-28-10-8-6-4-2/h5,7,11-12,14-15,17-18,20-21,23-24,40-41,43-44H,3-4,6,8-10,13,16,19,22,25-39H2,1-2H3,(H,46,47)/b7-5-,12-11-,15-14-,18-17-,21-20-,24-23-. The summed E-state index contributed by atoms with van der Waals surface area (Å²) in [7, 11) is -4.51. The Morgan fingerprint density at radius 3 is 1.65 bits per heavy atom. The van der Waals surface area contributed by atoms with E-state index in [1.807, 2.05) is 0 Å². The fourth-order valence-corrected chi connectivity index (χ4v) is 5.68. The van der Waals surface area contributed by atoms with Crippen LogP contribution >= 0.6 is 7.82 Å². The van der Waals surface area contributed by atoms with E-state index >= 15 is 0 Å². The maximum Gasteiger partial charge on any atom is 0.472 e. The predicted molar refractivity (Wildman–Crippen MR) is 214 cm³/mol. The predicted octanol–water partition coefficient (Wildman–Crippen LogP) is 10.6.